The van der Waals surface area contributed by atoms with Gasteiger partial charge in [-0.05, 0) is 43.9 Å². The van der Waals surface area contributed by atoms with E-state index in [2.05, 4.69) is 16.8 Å². The fraction of sp³-hybridized carbons (Fsp3) is 0.444. The molecule has 0 spiro atoms. The van der Waals surface area contributed by atoms with E-state index in [1.807, 2.05) is 47.9 Å². The van der Waals surface area contributed by atoms with Crippen LogP contribution in [-0.2, 0) is 0 Å². The fourth-order valence-electron chi connectivity index (χ4n) is 3.14. The lowest BCUT2D eigenvalue weighted by Crippen LogP contribution is -2.32. The maximum absolute atomic E-state index is 9.31. The largest absolute Gasteiger partial charge is 0.375 e. The van der Waals surface area contributed by atoms with E-state index < -0.39 is 5.69 Å². The second-order valence-electron chi connectivity index (χ2n) is 6.61. The molecule has 130 valence electrons. The van der Waals surface area contributed by atoms with Crippen LogP contribution in [0.15, 0.2) is 36.5 Å². The van der Waals surface area contributed by atoms with Crippen LogP contribution in [0.3, 0.4) is 0 Å². The van der Waals surface area contributed by atoms with Gasteiger partial charge in [-0.3, -0.25) is 4.40 Å². The second kappa shape index (κ2) is 7.02. The topological polar surface area (TPSA) is 73.9 Å². The standard InChI is InChI=1S/C18H23BN4O2/c1-3-22(10-8-13(2)12-18(19,24)25)16-9-11-23-15-7-5-4-6-14(15)20-17(23)21-16/h4-7,9,11,13,24-25H,3,8,10,12H2,1-2H3. The molecule has 0 amide bonds. The van der Waals surface area contributed by atoms with Gasteiger partial charge in [-0.2, -0.15) is 4.98 Å². The molecule has 2 radical (unpaired) electrons. The van der Waals surface area contributed by atoms with Gasteiger partial charge in [-0.25, -0.2) is 4.98 Å². The molecule has 1 unspecified atom stereocenters. The number of hydrogen-bond acceptors (Lipinski definition) is 5. The highest BCUT2D eigenvalue weighted by atomic mass is 16.5. The average Bonchev–Trinajstić information content (AvgIpc) is 2.91. The van der Waals surface area contributed by atoms with E-state index in [9.17, 15) is 10.2 Å². The molecule has 6 nitrogen and oxygen atoms in total. The molecule has 3 aromatic rings. The van der Waals surface area contributed by atoms with Crippen molar-refractivity contribution < 1.29 is 10.2 Å². The van der Waals surface area contributed by atoms with Crippen LogP contribution in [0.4, 0.5) is 5.82 Å². The van der Waals surface area contributed by atoms with E-state index in [-0.39, 0.29) is 12.3 Å². The zero-order valence-electron chi connectivity index (χ0n) is 14.6. The smallest absolute Gasteiger partial charge is 0.236 e. The van der Waals surface area contributed by atoms with Crippen molar-refractivity contribution in [3.63, 3.8) is 0 Å². The Morgan fingerprint density at radius 3 is 2.72 bits per heavy atom. The summed E-state index contributed by atoms with van der Waals surface area (Å²) >= 11 is 0. The summed E-state index contributed by atoms with van der Waals surface area (Å²) in [5.41, 5.74) is -0.142. The average molecular weight is 338 g/mol. The lowest BCUT2D eigenvalue weighted by molar-refractivity contribution is -0.0990. The van der Waals surface area contributed by atoms with Gasteiger partial charge in [0.2, 0.25) is 5.78 Å². The Bertz CT molecular complexity index is 859. The molecule has 3 rings (SSSR count). The van der Waals surface area contributed by atoms with Crippen LogP contribution < -0.4 is 4.90 Å². The minimum atomic E-state index is -2.11. The van der Waals surface area contributed by atoms with Crippen LogP contribution >= 0.6 is 0 Å². The quantitative estimate of drug-likeness (QED) is 0.509. The molecule has 0 saturated heterocycles. The Morgan fingerprint density at radius 1 is 1.24 bits per heavy atom. The van der Waals surface area contributed by atoms with E-state index in [0.29, 0.717) is 5.78 Å². The molecule has 0 aliphatic heterocycles. The number of rotatable bonds is 7. The highest BCUT2D eigenvalue weighted by molar-refractivity contribution is 6.12. The van der Waals surface area contributed by atoms with Crippen LogP contribution in [0.25, 0.3) is 16.8 Å². The summed E-state index contributed by atoms with van der Waals surface area (Å²) in [5, 5.41) is 18.6. The third-order valence-electron chi connectivity index (χ3n) is 4.41. The van der Waals surface area contributed by atoms with Gasteiger partial charge in [0.1, 0.15) is 11.5 Å². The van der Waals surface area contributed by atoms with Gasteiger partial charge in [0.05, 0.1) is 11.0 Å². The second-order valence-corrected chi connectivity index (χ2v) is 6.61. The molecular weight excluding hydrogens is 315 g/mol. The zero-order valence-corrected chi connectivity index (χ0v) is 14.6. The van der Waals surface area contributed by atoms with Crippen LogP contribution in [0, 0.1) is 5.92 Å². The molecule has 2 N–H and O–H groups in total. The monoisotopic (exact) mass is 338 g/mol. The minimum absolute atomic E-state index is 0.0896. The molecule has 0 aliphatic rings. The van der Waals surface area contributed by atoms with Crippen LogP contribution in [0.1, 0.15) is 26.7 Å². The Morgan fingerprint density at radius 2 is 2.00 bits per heavy atom. The minimum Gasteiger partial charge on any atom is -0.375 e. The number of para-hydroxylation sites is 2. The highest BCUT2D eigenvalue weighted by Gasteiger charge is 2.19. The summed E-state index contributed by atoms with van der Waals surface area (Å²) in [6.07, 6.45) is 2.92. The number of hydrogen-bond donors (Lipinski definition) is 2. The van der Waals surface area contributed by atoms with E-state index >= 15 is 0 Å². The number of imidazole rings is 1. The van der Waals surface area contributed by atoms with Gasteiger partial charge in [0, 0.05) is 19.3 Å². The molecule has 25 heavy (non-hydrogen) atoms. The Balaban J connectivity index is 1.77. The molecule has 7 heteroatoms. The molecule has 2 aromatic heterocycles. The lowest BCUT2D eigenvalue weighted by Gasteiger charge is -2.26. The first-order chi connectivity index (χ1) is 11.9. The third-order valence-corrected chi connectivity index (χ3v) is 4.41. The molecule has 0 bridgehead atoms. The summed E-state index contributed by atoms with van der Waals surface area (Å²) in [7, 11) is 5.26. The van der Waals surface area contributed by atoms with Gasteiger partial charge in [-0.15, -0.1) is 0 Å². The number of anilines is 1. The first-order valence-corrected chi connectivity index (χ1v) is 8.60. The number of nitrogens with zero attached hydrogens (tertiary/aromatic N) is 4. The van der Waals surface area contributed by atoms with Crippen molar-refractivity contribution in [1.29, 1.82) is 0 Å². The first kappa shape index (κ1) is 17.7. The van der Waals surface area contributed by atoms with Gasteiger partial charge < -0.3 is 15.1 Å². The predicted molar refractivity (Wildman–Crippen MR) is 99.7 cm³/mol. The maximum atomic E-state index is 9.31. The number of benzene rings is 1. The van der Waals surface area contributed by atoms with Crippen LogP contribution in [0.5, 0.6) is 0 Å². The molecule has 2 heterocycles. The van der Waals surface area contributed by atoms with Crippen LogP contribution in [0.2, 0.25) is 0 Å². The van der Waals surface area contributed by atoms with E-state index in [1.165, 1.54) is 0 Å². The fourth-order valence-corrected chi connectivity index (χ4v) is 3.14. The van der Waals surface area contributed by atoms with E-state index in [4.69, 9.17) is 12.8 Å². The number of aliphatic hydroxyl groups is 2. The molecule has 1 aromatic carbocycles. The predicted octanol–water partition coefficient (Wildman–Crippen LogP) is 1.93. The van der Waals surface area contributed by atoms with E-state index in [0.717, 1.165) is 36.4 Å². The lowest BCUT2D eigenvalue weighted by atomic mass is 9.85. The summed E-state index contributed by atoms with van der Waals surface area (Å²) in [4.78, 5) is 11.4. The summed E-state index contributed by atoms with van der Waals surface area (Å²) in [6.45, 7) is 5.60. The molecule has 1 atom stereocenters. The summed E-state index contributed by atoms with van der Waals surface area (Å²) < 4.78 is 1.98. The maximum Gasteiger partial charge on any atom is 0.236 e. The molecule has 0 aliphatic carbocycles. The van der Waals surface area contributed by atoms with Crippen molar-refractivity contribution in [2.75, 3.05) is 18.0 Å². The van der Waals surface area contributed by atoms with Gasteiger partial charge in [0.15, 0.2) is 7.85 Å². The molecule has 0 saturated carbocycles. The third kappa shape index (κ3) is 4.11. The van der Waals surface area contributed by atoms with Crippen molar-refractivity contribution in [3.8, 4) is 0 Å². The Kier molecular flexibility index (Phi) is 4.97. The van der Waals surface area contributed by atoms with Crippen molar-refractivity contribution in [2.45, 2.75) is 32.4 Å². The van der Waals surface area contributed by atoms with Gasteiger partial charge in [0.25, 0.3) is 0 Å². The number of fused-ring (bicyclic) bond motifs is 3. The van der Waals surface area contributed by atoms with Gasteiger partial charge >= 0.3 is 0 Å². The Hall–Kier alpha value is -2.12. The normalized spacial score (nSPS) is 13.4. The zero-order chi connectivity index (χ0) is 18.0. The van der Waals surface area contributed by atoms with Crippen molar-refractivity contribution in [2.24, 2.45) is 5.92 Å². The highest BCUT2D eigenvalue weighted by Crippen LogP contribution is 2.20. The summed E-state index contributed by atoms with van der Waals surface area (Å²) in [6, 6.07) is 9.95. The van der Waals surface area contributed by atoms with Crippen molar-refractivity contribution >= 4 is 30.5 Å². The molecular formula is C18H23BN4O2. The van der Waals surface area contributed by atoms with E-state index in [1.54, 1.807) is 0 Å². The summed E-state index contributed by atoms with van der Waals surface area (Å²) in [5.74, 6) is 1.63. The van der Waals surface area contributed by atoms with Crippen molar-refractivity contribution in [1.82, 2.24) is 14.4 Å². The van der Waals surface area contributed by atoms with Crippen LogP contribution in [-0.4, -0.2) is 51.2 Å². The molecule has 0 fully saturated rings. The van der Waals surface area contributed by atoms with Gasteiger partial charge in [-0.1, -0.05) is 19.1 Å². The first-order valence-electron chi connectivity index (χ1n) is 8.60. The Labute approximate surface area is 148 Å². The SMILES string of the molecule is [B]C(O)(O)CC(C)CCN(CC)c1ccn2c(n1)nc1ccccc12. The number of aromatic nitrogens is 3. The van der Waals surface area contributed by atoms with Crippen molar-refractivity contribution in [3.05, 3.63) is 36.5 Å².